The number of anilines is 2. The number of nitriles is 1. The summed E-state index contributed by atoms with van der Waals surface area (Å²) in [7, 11) is 1.55. The zero-order valence-corrected chi connectivity index (χ0v) is 21.9. The first-order valence-electron chi connectivity index (χ1n) is 12.6. The van der Waals surface area contributed by atoms with Gasteiger partial charge >= 0.3 is 0 Å². The van der Waals surface area contributed by atoms with E-state index in [1.54, 1.807) is 54.5 Å². The van der Waals surface area contributed by atoms with Crippen LogP contribution in [0.25, 0.3) is 11.1 Å². The molecule has 40 heavy (non-hydrogen) atoms. The van der Waals surface area contributed by atoms with E-state index >= 15 is 0 Å². The quantitative estimate of drug-likeness (QED) is 0.287. The van der Waals surface area contributed by atoms with Gasteiger partial charge in [0.15, 0.2) is 0 Å². The van der Waals surface area contributed by atoms with E-state index in [0.29, 0.717) is 66.5 Å². The number of carbonyl (C=O) groups excluding carboxylic acids is 1. The molecule has 0 saturated carbocycles. The summed E-state index contributed by atoms with van der Waals surface area (Å²) in [5.74, 6) is 1.48. The molecule has 0 spiro atoms. The SMILES string of the molecule is COc1ccc(C(=O)NCC2COC2)cc1Nc1ncc(-c2ccc(C#N)c(OC(C)Cn3cnnn3)c2)cn1. The number of amides is 1. The largest absolute Gasteiger partial charge is 0.495 e. The Morgan fingerprint density at radius 3 is 2.67 bits per heavy atom. The molecule has 5 rings (SSSR count). The summed E-state index contributed by atoms with van der Waals surface area (Å²) in [5, 5.41) is 26.7. The van der Waals surface area contributed by atoms with Crippen molar-refractivity contribution in [3.63, 3.8) is 0 Å². The smallest absolute Gasteiger partial charge is 0.251 e. The summed E-state index contributed by atoms with van der Waals surface area (Å²) in [6.07, 6.45) is 4.54. The molecule has 1 aliphatic rings. The number of rotatable bonds is 11. The molecule has 3 heterocycles. The van der Waals surface area contributed by atoms with E-state index in [1.807, 2.05) is 13.0 Å². The Bertz CT molecular complexity index is 1500. The van der Waals surface area contributed by atoms with Crippen molar-refractivity contribution in [3.05, 3.63) is 66.2 Å². The van der Waals surface area contributed by atoms with E-state index in [9.17, 15) is 10.1 Å². The Kier molecular flexibility index (Phi) is 8.07. The average Bonchev–Trinajstić information content (AvgIpc) is 3.45. The number of carbonyl (C=O) groups is 1. The lowest BCUT2D eigenvalue weighted by Gasteiger charge is -2.25. The maximum atomic E-state index is 12.6. The summed E-state index contributed by atoms with van der Waals surface area (Å²) in [6.45, 7) is 4.20. The van der Waals surface area contributed by atoms with Crippen molar-refractivity contribution < 1.29 is 19.0 Å². The van der Waals surface area contributed by atoms with Gasteiger partial charge < -0.3 is 24.8 Å². The first kappa shape index (κ1) is 26.5. The van der Waals surface area contributed by atoms with Crippen LogP contribution in [0.1, 0.15) is 22.8 Å². The summed E-state index contributed by atoms with van der Waals surface area (Å²) >= 11 is 0. The number of hydrogen-bond acceptors (Lipinski definition) is 11. The molecule has 4 aromatic rings. The minimum absolute atomic E-state index is 0.181. The molecule has 0 radical (unpaired) electrons. The highest BCUT2D eigenvalue weighted by molar-refractivity contribution is 5.95. The number of nitrogens with zero attached hydrogens (tertiary/aromatic N) is 7. The molecule has 13 nitrogen and oxygen atoms in total. The highest BCUT2D eigenvalue weighted by Gasteiger charge is 2.20. The van der Waals surface area contributed by atoms with Gasteiger partial charge in [0.05, 0.1) is 38.1 Å². The zero-order valence-electron chi connectivity index (χ0n) is 21.9. The van der Waals surface area contributed by atoms with Crippen LogP contribution in [0, 0.1) is 17.2 Å². The van der Waals surface area contributed by atoms with Crippen LogP contribution in [0.3, 0.4) is 0 Å². The first-order chi connectivity index (χ1) is 19.5. The van der Waals surface area contributed by atoms with E-state index < -0.39 is 0 Å². The fourth-order valence-electron chi connectivity index (χ4n) is 4.02. The molecule has 2 N–H and O–H groups in total. The molecule has 13 heteroatoms. The molecular formula is C27H27N9O4. The van der Waals surface area contributed by atoms with Crippen LogP contribution in [0.5, 0.6) is 11.5 Å². The van der Waals surface area contributed by atoms with Crippen LogP contribution in [-0.2, 0) is 11.3 Å². The number of ether oxygens (including phenoxy) is 3. The number of hydrogen-bond donors (Lipinski definition) is 2. The van der Waals surface area contributed by atoms with E-state index in [2.05, 4.69) is 42.2 Å². The molecule has 1 atom stereocenters. The maximum Gasteiger partial charge on any atom is 0.251 e. The fourth-order valence-corrected chi connectivity index (χ4v) is 4.02. The van der Waals surface area contributed by atoms with Gasteiger partial charge in [0.2, 0.25) is 5.95 Å². The van der Waals surface area contributed by atoms with Crippen molar-refractivity contribution in [2.75, 3.05) is 32.2 Å². The van der Waals surface area contributed by atoms with Crippen molar-refractivity contribution in [3.8, 4) is 28.7 Å². The third kappa shape index (κ3) is 6.30. The van der Waals surface area contributed by atoms with Crippen LogP contribution >= 0.6 is 0 Å². The van der Waals surface area contributed by atoms with Gasteiger partial charge in [-0.25, -0.2) is 14.6 Å². The van der Waals surface area contributed by atoms with E-state index in [-0.39, 0.29) is 12.0 Å². The summed E-state index contributed by atoms with van der Waals surface area (Å²) in [6, 6.07) is 12.6. The third-order valence-corrected chi connectivity index (χ3v) is 6.22. The maximum absolute atomic E-state index is 12.6. The Morgan fingerprint density at radius 2 is 2.00 bits per heavy atom. The number of aromatic nitrogens is 6. The average molecular weight is 542 g/mol. The molecule has 2 aromatic heterocycles. The van der Waals surface area contributed by atoms with Gasteiger partial charge in [0, 0.05) is 36.0 Å². The van der Waals surface area contributed by atoms with Crippen LogP contribution in [0.4, 0.5) is 11.6 Å². The van der Waals surface area contributed by atoms with Gasteiger partial charge in [-0.3, -0.25) is 4.79 Å². The molecule has 204 valence electrons. The highest BCUT2D eigenvalue weighted by Crippen LogP contribution is 2.30. The summed E-state index contributed by atoms with van der Waals surface area (Å²) in [4.78, 5) is 21.5. The van der Waals surface area contributed by atoms with Crippen molar-refractivity contribution >= 4 is 17.5 Å². The van der Waals surface area contributed by atoms with Crippen LogP contribution in [0.2, 0.25) is 0 Å². The number of nitrogens with one attached hydrogen (secondary N) is 2. The van der Waals surface area contributed by atoms with Crippen molar-refractivity contribution in [1.29, 1.82) is 5.26 Å². The normalized spacial score (nSPS) is 13.5. The number of tetrazole rings is 1. The van der Waals surface area contributed by atoms with Crippen LogP contribution in [-0.4, -0.2) is 69.1 Å². The molecule has 1 saturated heterocycles. The molecule has 0 bridgehead atoms. The van der Waals surface area contributed by atoms with Gasteiger partial charge in [-0.05, 0) is 53.2 Å². The predicted octanol–water partition coefficient (Wildman–Crippen LogP) is 2.60. The van der Waals surface area contributed by atoms with Gasteiger partial charge in [-0.1, -0.05) is 6.07 Å². The van der Waals surface area contributed by atoms with Crippen LogP contribution in [0.15, 0.2) is 55.1 Å². The van der Waals surface area contributed by atoms with Gasteiger partial charge in [-0.2, -0.15) is 5.26 Å². The van der Waals surface area contributed by atoms with Crippen molar-refractivity contribution in [2.24, 2.45) is 5.92 Å². The lowest BCUT2D eigenvalue weighted by Crippen LogP contribution is -2.39. The lowest BCUT2D eigenvalue weighted by atomic mass is 10.1. The topological polar surface area (TPSA) is 162 Å². The lowest BCUT2D eigenvalue weighted by molar-refractivity contribution is -0.0298. The first-order valence-corrected chi connectivity index (χ1v) is 12.6. The van der Waals surface area contributed by atoms with E-state index in [4.69, 9.17) is 14.2 Å². The van der Waals surface area contributed by atoms with Crippen molar-refractivity contribution in [2.45, 2.75) is 19.6 Å². The standard InChI is InChI=1S/C27H27N9O4/c1-17(13-36-16-32-34-35-36)40-25-8-19(3-4-21(25)9-28)22-11-30-27(31-12-22)33-23-7-20(5-6-24(23)38-2)26(37)29-10-18-14-39-15-18/h3-8,11-12,16-18H,10,13-15H2,1-2H3,(H,29,37)(H,30,31,33). The Hall–Kier alpha value is -5.09. The molecule has 1 aliphatic heterocycles. The summed E-state index contributed by atoms with van der Waals surface area (Å²) < 4.78 is 18.2. The van der Waals surface area contributed by atoms with E-state index in [0.717, 1.165) is 11.1 Å². The third-order valence-electron chi connectivity index (χ3n) is 6.22. The Morgan fingerprint density at radius 1 is 1.18 bits per heavy atom. The Labute approximate surface area is 230 Å². The highest BCUT2D eigenvalue weighted by atomic mass is 16.5. The molecule has 2 aromatic carbocycles. The van der Waals surface area contributed by atoms with E-state index in [1.165, 1.54) is 6.33 Å². The predicted molar refractivity (Wildman–Crippen MR) is 143 cm³/mol. The molecular weight excluding hydrogens is 514 g/mol. The minimum atomic E-state index is -0.284. The second-order valence-electron chi connectivity index (χ2n) is 9.23. The number of methoxy groups -OCH3 is 1. The van der Waals surface area contributed by atoms with Crippen LogP contribution < -0.4 is 20.1 Å². The fraction of sp³-hybridized carbons (Fsp3) is 0.296. The van der Waals surface area contributed by atoms with Gasteiger partial charge in [0.1, 0.15) is 30.0 Å². The monoisotopic (exact) mass is 541 g/mol. The second kappa shape index (κ2) is 12.2. The molecule has 1 unspecified atom stereocenters. The molecule has 0 aliphatic carbocycles. The van der Waals surface area contributed by atoms with Gasteiger partial charge in [-0.15, -0.1) is 5.10 Å². The second-order valence-corrected chi connectivity index (χ2v) is 9.23. The minimum Gasteiger partial charge on any atom is -0.495 e. The van der Waals surface area contributed by atoms with Gasteiger partial charge in [0.25, 0.3) is 5.91 Å². The number of benzene rings is 2. The Balaban J connectivity index is 1.29. The zero-order chi connectivity index (χ0) is 27.9. The molecule has 1 fully saturated rings. The molecule has 1 amide bonds. The summed E-state index contributed by atoms with van der Waals surface area (Å²) in [5.41, 5.74) is 2.96. The van der Waals surface area contributed by atoms with Crippen molar-refractivity contribution in [1.82, 2.24) is 35.5 Å².